The highest BCUT2D eigenvalue weighted by Crippen LogP contribution is 2.21. The first-order chi connectivity index (χ1) is 13.6. The predicted molar refractivity (Wildman–Crippen MR) is 103 cm³/mol. The largest absolute Gasteiger partial charge is 0.285 e. The summed E-state index contributed by atoms with van der Waals surface area (Å²) in [5.41, 5.74) is 1.71. The molecule has 1 heterocycles. The molecule has 0 radical (unpaired) electrons. The van der Waals surface area contributed by atoms with Gasteiger partial charge >= 0.3 is 0 Å². The van der Waals surface area contributed by atoms with Crippen LogP contribution in [0, 0.1) is 10.1 Å². The lowest BCUT2D eigenvalue weighted by Gasteiger charge is -2.05. The highest BCUT2D eigenvalue weighted by molar-refractivity contribution is 6.07. The Morgan fingerprint density at radius 2 is 1.46 bits per heavy atom. The molecule has 0 fully saturated rings. The van der Waals surface area contributed by atoms with E-state index in [-0.39, 0.29) is 17.3 Å². The zero-order chi connectivity index (χ0) is 19.5. The summed E-state index contributed by atoms with van der Waals surface area (Å²) in [5, 5.41) is 15.4. The van der Waals surface area contributed by atoms with Crippen molar-refractivity contribution in [2.45, 2.75) is 0 Å². The number of nitrogens with zero attached hydrogens (tertiary/aromatic N) is 4. The highest BCUT2D eigenvalue weighted by atomic mass is 16.6. The van der Waals surface area contributed by atoms with Crippen molar-refractivity contribution in [3.63, 3.8) is 0 Å². The van der Waals surface area contributed by atoms with Crippen LogP contribution in [-0.2, 0) is 0 Å². The Morgan fingerprint density at radius 1 is 0.857 bits per heavy atom. The lowest BCUT2D eigenvalue weighted by Crippen LogP contribution is -2.11. The van der Waals surface area contributed by atoms with Gasteiger partial charge in [-0.05, 0) is 24.3 Å². The molecule has 0 N–H and O–H groups in total. The lowest BCUT2D eigenvalue weighted by atomic mass is 10.1. The van der Waals surface area contributed by atoms with Gasteiger partial charge in [-0.3, -0.25) is 14.9 Å². The Labute approximate surface area is 160 Å². The molecule has 136 valence electrons. The molecule has 0 atom stereocenters. The molecule has 4 rings (SSSR count). The molecule has 0 spiro atoms. The number of carbonyl (C=O) groups is 1. The Balaban J connectivity index is 1.81. The van der Waals surface area contributed by atoms with Gasteiger partial charge in [0.2, 0.25) is 11.6 Å². The van der Waals surface area contributed by atoms with E-state index in [1.165, 1.54) is 28.9 Å². The highest BCUT2D eigenvalue weighted by Gasteiger charge is 2.21. The van der Waals surface area contributed by atoms with Crippen LogP contribution in [0.5, 0.6) is 0 Å². The number of nitro groups is 1. The predicted octanol–water partition coefficient (Wildman–Crippen LogP) is 4.07. The van der Waals surface area contributed by atoms with Crippen LogP contribution >= 0.6 is 0 Å². The van der Waals surface area contributed by atoms with Gasteiger partial charge in [0.1, 0.15) is 0 Å². The van der Waals surface area contributed by atoms with Crippen molar-refractivity contribution in [1.29, 1.82) is 0 Å². The van der Waals surface area contributed by atoms with Gasteiger partial charge in [0, 0.05) is 23.3 Å². The molecule has 0 aliphatic rings. The molecule has 7 heteroatoms. The molecule has 1 aromatic heterocycles. The fraction of sp³-hybridized carbons (Fsp3) is 0. The first-order valence-electron chi connectivity index (χ1n) is 8.50. The molecule has 28 heavy (non-hydrogen) atoms. The minimum Gasteiger partial charge on any atom is -0.285 e. The van der Waals surface area contributed by atoms with Crippen molar-refractivity contribution < 1.29 is 9.72 Å². The number of non-ortho nitro benzene ring substituents is 1. The minimum absolute atomic E-state index is 0.0777. The summed E-state index contributed by atoms with van der Waals surface area (Å²) >= 11 is 0. The van der Waals surface area contributed by atoms with Gasteiger partial charge in [-0.1, -0.05) is 48.5 Å². The molecule has 0 amide bonds. The summed E-state index contributed by atoms with van der Waals surface area (Å²) in [6.45, 7) is 0. The summed E-state index contributed by atoms with van der Waals surface area (Å²) in [6.07, 6.45) is 0. The second kappa shape index (κ2) is 7.24. The van der Waals surface area contributed by atoms with Crippen molar-refractivity contribution >= 4 is 11.5 Å². The fourth-order valence-electron chi connectivity index (χ4n) is 2.78. The van der Waals surface area contributed by atoms with Crippen LogP contribution < -0.4 is 0 Å². The van der Waals surface area contributed by atoms with Crippen molar-refractivity contribution in [2.24, 2.45) is 0 Å². The third kappa shape index (κ3) is 3.28. The van der Waals surface area contributed by atoms with Gasteiger partial charge in [0.25, 0.3) is 5.69 Å². The van der Waals surface area contributed by atoms with Gasteiger partial charge in [0.15, 0.2) is 5.82 Å². The van der Waals surface area contributed by atoms with E-state index in [9.17, 15) is 14.9 Å². The molecular formula is C21H14N4O3. The maximum absolute atomic E-state index is 13.1. The number of ketones is 1. The number of nitro benzene ring substituents is 1. The maximum Gasteiger partial charge on any atom is 0.269 e. The van der Waals surface area contributed by atoms with E-state index < -0.39 is 4.92 Å². The normalized spacial score (nSPS) is 10.6. The van der Waals surface area contributed by atoms with Crippen molar-refractivity contribution in [3.8, 4) is 17.1 Å². The van der Waals surface area contributed by atoms with Crippen LogP contribution in [-0.4, -0.2) is 25.5 Å². The number of hydrogen-bond donors (Lipinski definition) is 0. The zero-order valence-corrected chi connectivity index (χ0v) is 14.6. The smallest absolute Gasteiger partial charge is 0.269 e. The molecule has 0 aliphatic carbocycles. The van der Waals surface area contributed by atoms with Gasteiger partial charge in [0.05, 0.1) is 10.6 Å². The molecule has 0 saturated heterocycles. The lowest BCUT2D eigenvalue weighted by molar-refractivity contribution is -0.384. The van der Waals surface area contributed by atoms with Crippen molar-refractivity contribution in [2.75, 3.05) is 0 Å². The topological polar surface area (TPSA) is 90.9 Å². The van der Waals surface area contributed by atoms with Crippen LogP contribution in [0.1, 0.15) is 16.2 Å². The minimum atomic E-state index is -0.506. The second-order valence-electron chi connectivity index (χ2n) is 6.01. The number of aromatic nitrogens is 3. The Hall–Kier alpha value is -4.13. The van der Waals surface area contributed by atoms with Crippen LogP contribution in [0.25, 0.3) is 17.1 Å². The maximum atomic E-state index is 13.1. The molecule has 7 nitrogen and oxygen atoms in total. The second-order valence-corrected chi connectivity index (χ2v) is 6.01. The van der Waals surface area contributed by atoms with E-state index in [2.05, 4.69) is 10.1 Å². The van der Waals surface area contributed by atoms with Gasteiger partial charge in [-0.2, -0.15) is 0 Å². The molecule has 0 bridgehead atoms. The average molecular weight is 370 g/mol. The van der Waals surface area contributed by atoms with Crippen molar-refractivity contribution in [1.82, 2.24) is 14.8 Å². The summed E-state index contributed by atoms with van der Waals surface area (Å²) in [6, 6.07) is 24.0. The number of carbonyl (C=O) groups excluding carboxylic acids is 1. The number of para-hydroxylation sites is 1. The Kier molecular flexibility index (Phi) is 4.47. The van der Waals surface area contributed by atoms with E-state index in [0.29, 0.717) is 17.1 Å². The quantitative estimate of drug-likeness (QED) is 0.300. The van der Waals surface area contributed by atoms with Crippen LogP contribution in [0.15, 0.2) is 84.9 Å². The van der Waals surface area contributed by atoms with E-state index in [1.807, 2.05) is 60.7 Å². The first kappa shape index (κ1) is 17.3. The van der Waals surface area contributed by atoms with E-state index in [1.54, 1.807) is 0 Å². The summed E-state index contributed by atoms with van der Waals surface area (Å²) in [7, 11) is 0. The first-order valence-corrected chi connectivity index (χ1v) is 8.50. The fourth-order valence-corrected chi connectivity index (χ4v) is 2.78. The monoisotopic (exact) mass is 370 g/mol. The van der Waals surface area contributed by atoms with Crippen molar-refractivity contribution in [3.05, 3.63) is 106 Å². The molecule has 0 aliphatic heterocycles. The van der Waals surface area contributed by atoms with Crippen LogP contribution in [0.4, 0.5) is 5.69 Å². The van der Waals surface area contributed by atoms with Gasteiger partial charge in [-0.15, -0.1) is 5.10 Å². The Bertz CT molecular complexity index is 1140. The van der Waals surface area contributed by atoms with E-state index in [4.69, 9.17) is 0 Å². The molecule has 4 aromatic rings. The standard InChI is InChI=1S/C21H14N4O3/c26-19(15-11-13-18(14-12-15)25(27)28)21-22-20(16-7-3-1-4-8-16)23-24(21)17-9-5-2-6-10-17/h1-14H. The van der Waals surface area contributed by atoms with Crippen LogP contribution in [0.3, 0.4) is 0 Å². The van der Waals surface area contributed by atoms with E-state index in [0.717, 1.165) is 5.56 Å². The van der Waals surface area contributed by atoms with Crippen LogP contribution in [0.2, 0.25) is 0 Å². The number of hydrogen-bond acceptors (Lipinski definition) is 5. The summed E-state index contributed by atoms with van der Waals surface area (Å²) < 4.78 is 1.49. The molecule has 3 aromatic carbocycles. The average Bonchev–Trinajstić information content (AvgIpc) is 3.20. The van der Waals surface area contributed by atoms with Gasteiger partial charge in [-0.25, -0.2) is 9.67 Å². The molecular weight excluding hydrogens is 356 g/mol. The summed E-state index contributed by atoms with van der Waals surface area (Å²) in [5.74, 6) is 0.196. The molecule has 0 unspecified atom stereocenters. The number of benzene rings is 3. The summed E-state index contributed by atoms with van der Waals surface area (Å²) in [4.78, 5) is 27.9. The SMILES string of the molecule is O=C(c1ccc([N+](=O)[O-])cc1)c1nc(-c2ccccc2)nn1-c1ccccc1. The third-order valence-electron chi connectivity index (χ3n) is 4.18. The van der Waals surface area contributed by atoms with Gasteiger partial charge < -0.3 is 0 Å². The van der Waals surface area contributed by atoms with E-state index >= 15 is 0 Å². The Morgan fingerprint density at radius 3 is 2.07 bits per heavy atom. The third-order valence-corrected chi connectivity index (χ3v) is 4.18. The zero-order valence-electron chi connectivity index (χ0n) is 14.6. The molecule has 0 saturated carbocycles. The number of rotatable bonds is 5.